The van der Waals surface area contributed by atoms with Crippen LogP contribution in [0.2, 0.25) is 0 Å². The average Bonchev–Trinajstić information content (AvgIpc) is 2.67. The first kappa shape index (κ1) is 23.4. The molecule has 0 fully saturated rings. The highest BCUT2D eigenvalue weighted by Gasteiger charge is 2.25. The summed E-state index contributed by atoms with van der Waals surface area (Å²) in [4.78, 5) is 47.5. The Labute approximate surface area is 169 Å². The predicted molar refractivity (Wildman–Crippen MR) is 109 cm³/mol. The molecule has 0 aliphatic heterocycles. The van der Waals surface area contributed by atoms with E-state index in [2.05, 4.69) is 28.6 Å². The maximum absolute atomic E-state index is 12.6. The van der Waals surface area contributed by atoms with Crippen LogP contribution < -0.4 is 16.0 Å². The molecule has 9 heteroatoms. The first-order chi connectivity index (χ1) is 13.3. The maximum atomic E-state index is 12.6. The smallest absolute Gasteiger partial charge is 0.244 e. The molecule has 152 valence electrons. The molecule has 1 rings (SSSR count). The van der Waals surface area contributed by atoms with Gasteiger partial charge >= 0.3 is 0 Å². The number of ketones is 1. The van der Waals surface area contributed by atoms with Crippen LogP contribution in [0.3, 0.4) is 0 Å². The molecule has 3 amide bonds. The van der Waals surface area contributed by atoms with Crippen LogP contribution in [0.15, 0.2) is 24.3 Å². The van der Waals surface area contributed by atoms with E-state index in [1.54, 1.807) is 0 Å². The molecule has 0 radical (unpaired) electrons. The van der Waals surface area contributed by atoms with E-state index < -0.39 is 35.6 Å². The third kappa shape index (κ3) is 8.34. The van der Waals surface area contributed by atoms with Gasteiger partial charge in [-0.2, -0.15) is 12.6 Å². The van der Waals surface area contributed by atoms with Crippen molar-refractivity contribution in [2.24, 2.45) is 0 Å². The molecule has 0 saturated carbocycles. The summed E-state index contributed by atoms with van der Waals surface area (Å²) in [6, 6.07) is 5.75. The topological polar surface area (TPSA) is 128 Å². The quantitative estimate of drug-likeness (QED) is 0.271. The second kappa shape index (κ2) is 11.9. The standard InChI is InChI=1S/C19H26N4O4S/c1-12-3-5-14(6-4-12)10-21-18(26)16(8-7-15(25)9-20)23-19(27)17(11-28)22-13(2)24/h3-6,9,16-17,20,28H,7-8,10-11H2,1-2H3,(H,21,26)(H,22,24)(H,23,27)/t16-,17-/m0/s1. The van der Waals surface area contributed by atoms with Gasteiger partial charge in [0.2, 0.25) is 17.7 Å². The van der Waals surface area contributed by atoms with E-state index >= 15 is 0 Å². The van der Waals surface area contributed by atoms with Gasteiger partial charge in [-0.05, 0) is 18.9 Å². The van der Waals surface area contributed by atoms with Crippen LogP contribution >= 0.6 is 12.6 Å². The van der Waals surface area contributed by atoms with E-state index in [4.69, 9.17) is 5.41 Å². The monoisotopic (exact) mass is 406 g/mol. The third-order valence-electron chi connectivity index (χ3n) is 3.94. The summed E-state index contributed by atoms with van der Waals surface area (Å²) in [6.07, 6.45) is 0.661. The number of amides is 3. The summed E-state index contributed by atoms with van der Waals surface area (Å²) >= 11 is 4.04. The predicted octanol–water partition coefficient (Wildman–Crippen LogP) is 0.529. The summed E-state index contributed by atoms with van der Waals surface area (Å²) in [6.45, 7) is 3.51. The molecular formula is C19H26N4O4S. The Morgan fingerprint density at radius 2 is 1.71 bits per heavy atom. The lowest BCUT2D eigenvalue weighted by Crippen LogP contribution is -2.54. The van der Waals surface area contributed by atoms with Gasteiger partial charge in [-0.15, -0.1) is 0 Å². The minimum atomic E-state index is -0.974. The second-order valence-electron chi connectivity index (χ2n) is 6.35. The van der Waals surface area contributed by atoms with Gasteiger partial charge in [0.15, 0.2) is 5.78 Å². The van der Waals surface area contributed by atoms with Gasteiger partial charge in [-0.3, -0.25) is 19.2 Å². The van der Waals surface area contributed by atoms with Gasteiger partial charge in [-0.1, -0.05) is 29.8 Å². The molecule has 4 N–H and O–H groups in total. The minimum absolute atomic E-state index is 0.0407. The Kier molecular flexibility index (Phi) is 9.94. The van der Waals surface area contributed by atoms with E-state index in [-0.39, 0.29) is 25.1 Å². The molecule has 0 bridgehead atoms. The van der Waals surface area contributed by atoms with Crippen molar-refractivity contribution in [3.05, 3.63) is 35.4 Å². The fourth-order valence-corrected chi connectivity index (χ4v) is 2.61. The van der Waals surface area contributed by atoms with Crippen molar-refractivity contribution < 1.29 is 19.2 Å². The molecule has 0 unspecified atom stereocenters. The lowest BCUT2D eigenvalue weighted by atomic mass is 10.1. The third-order valence-corrected chi connectivity index (χ3v) is 4.30. The number of carbonyl (C=O) groups is 4. The van der Waals surface area contributed by atoms with Crippen molar-refractivity contribution in [1.29, 1.82) is 5.41 Å². The number of carbonyl (C=O) groups excluding carboxylic acids is 4. The van der Waals surface area contributed by atoms with Crippen LogP contribution in [-0.2, 0) is 25.7 Å². The minimum Gasteiger partial charge on any atom is -0.350 e. The van der Waals surface area contributed by atoms with Crippen LogP contribution in [0.1, 0.15) is 30.9 Å². The molecule has 8 nitrogen and oxygen atoms in total. The molecule has 0 spiro atoms. The summed E-state index contributed by atoms with van der Waals surface area (Å²) in [5.41, 5.74) is 1.99. The van der Waals surface area contributed by atoms with E-state index in [9.17, 15) is 19.2 Å². The fourth-order valence-electron chi connectivity index (χ4n) is 2.36. The number of benzene rings is 1. The Morgan fingerprint density at radius 3 is 2.25 bits per heavy atom. The largest absolute Gasteiger partial charge is 0.350 e. The Hall–Kier alpha value is -2.68. The molecule has 0 aliphatic carbocycles. The van der Waals surface area contributed by atoms with Crippen LogP contribution in [0, 0.1) is 12.3 Å². The Morgan fingerprint density at radius 1 is 1.07 bits per heavy atom. The summed E-state index contributed by atoms with van der Waals surface area (Å²) < 4.78 is 0. The van der Waals surface area contributed by atoms with Crippen LogP contribution in [0.25, 0.3) is 0 Å². The number of nitrogens with one attached hydrogen (secondary N) is 4. The molecule has 0 aliphatic rings. The highest BCUT2D eigenvalue weighted by Crippen LogP contribution is 2.04. The molecule has 0 aromatic heterocycles. The van der Waals surface area contributed by atoms with E-state index in [0.29, 0.717) is 6.21 Å². The van der Waals surface area contributed by atoms with Gasteiger partial charge in [0.25, 0.3) is 0 Å². The molecule has 1 aromatic rings. The maximum Gasteiger partial charge on any atom is 0.244 e. The van der Waals surface area contributed by atoms with Crippen LogP contribution in [0.4, 0.5) is 0 Å². The zero-order chi connectivity index (χ0) is 21.1. The number of Topliss-reactive ketones (excluding diaryl/α,β-unsaturated/α-hetero) is 1. The summed E-state index contributed by atoms with van der Waals surface area (Å²) in [5, 5.41) is 14.7. The van der Waals surface area contributed by atoms with Crippen LogP contribution in [0.5, 0.6) is 0 Å². The summed E-state index contributed by atoms with van der Waals surface area (Å²) in [7, 11) is 0. The number of thiol groups is 1. The van der Waals surface area contributed by atoms with Gasteiger partial charge in [0.1, 0.15) is 12.1 Å². The fraction of sp³-hybridized carbons (Fsp3) is 0.421. The molecule has 1 aromatic carbocycles. The van der Waals surface area contributed by atoms with Crippen molar-refractivity contribution >= 4 is 42.3 Å². The number of rotatable bonds is 11. The average molecular weight is 407 g/mol. The first-order valence-electron chi connectivity index (χ1n) is 8.81. The van der Waals surface area contributed by atoms with Gasteiger partial charge in [-0.25, -0.2) is 0 Å². The van der Waals surface area contributed by atoms with Crippen molar-refractivity contribution in [3.8, 4) is 0 Å². The normalized spacial score (nSPS) is 12.4. The second-order valence-corrected chi connectivity index (χ2v) is 6.71. The first-order valence-corrected chi connectivity index (χ1v) is 9.45. The SMILES string of the molecule is CC(=O)N[C@@H](CS)C(=O)N[C@@H](CCC(=O)C=N)C(=O)NCc1ccc(C)cc1. The highest BCUT2D eigenvalue weighted by atomic mass is 32.1. The van der Waals surface area contributed by atoms with E-state index in [1.807, 2.05) is 31.2 Å². The molecule has 0 saturated heterocycles. The van der Waals surface area contributed by atoms with Crippen LogP contribution in [-0.4, -0.2) is 47.6 Å². The lowest BCUT2D eigenvalue weighted by molar-refractivity contribution is -0.131. The highest BCUT2D eigenvalue weighted by molar-refractivity contribution is 7.80. The molecular weight excluding hydrogens is 380 g/mol. The van der Waals surface area contributed by atoms with Crippen molar-refractivity contribution in [3.63, 3.8) is 0 Å². The van der Waals surface area contributed by atoms with Gasteiger partial charge < -0.3 is 21.4 Å². The number of hydrogen-bond donors (Lipinski definition) is 5. The zero-order valence-corrected chi connectivity index (χ0v) is 16.8. The summed E-state index contributed by atoms with van der Waals surface area (Å²) in [5.74, 6) is -1.80. The van der Waals surface area contributed by atoms with E-state index in [1.165, 1.54) is 6.92 Å². The lowest BCUT2D eigenvalue weighted by Gasteiger charge is -2.22. The van der Waals surface area contributed by atoms with Gasteiger partial charge in [0, 0.05) is 25.6 Å². The van der Waals surface area contributed by atoms with E-state index in [0.717, 1.165) is 11.1 Å². The Bertz CT molecular complexity index is 721. The van der Waals surface area contributed by atoms with Crippen molar-refractivity contribution in [2.75, 3.05) is 5.75 Å². The molecule has 0 heterocycles. The molecule has 2 atom stereocenters. The van der Waals surface area contributed by atoms with Crippen molar-refractivity contribution in [2.45, 2.75) is 45.3 Å². The molecule has 28 heavy (non-hydrogen) atoms. The zero-order valence-electron chi connectivity index (χ0n) is 16.0. The number of aryl methyl sites for hydroxylation is 1. The Balaban J connectivity index is 2.78. The number of hydrogen-bond acceptors (Lipinski definition) is 6. The van der Waals surface area contributed by atoms with Crippen molar-refractivity contribution in [1.82, 2.24) is 16.0 Å². The van der Waals surface area contributed by atoms with Gasteiger partial charge in [0.05, 0.1) is 6.21 Å².